The number of thioether (sulfide) groups is 1. The Kier molecular flexibility index (Phi) is 5.34. The number of hydrogen-bond donors (Lipinski definition) is 0. The zero-order valence-electron chi connectivity index (χ0n) is 16.5. The Labute approximate surface area is 186 Å². The molecule has 8 nitrogen and oxygen atoms in total. The van der Waals surface area contributed by atoms with Crippen molar-refractivity contribution in [1.82, 2.24) is 9.36 Å². The van der Waals surface area contributed by atoms with Crippen LogP contribution in [-0.4, -0.2) is 24.5 Å². The van der Waals surface area contributed by atoms with Crippen LogP contribution in [0.2, 0.25) is 0 Å². The number of nitrogens with zero attached hydrogens (tertiary/aromatic N) is 4. The highest BCUT2D eigenvalue weighted by Crippen LogP contribution is 2.37. The number of anilines is 1. The van der Waals surface area contributed by atoms with Gasteiger partial charge in [-0.25, -0.2) is 4.68 Å². The first kappa shape index (κ1) is 20.8. The van der Waals surface area contributed by atoms with Gasteiger partial charge in [0, 0.05) is 13.1 Å². The average molecular weight is 453 g/mol. The summed E-state index contributed by atoms with van der Waals surface area (Å²) in [6, 6.07) is 15.2. The highest BCUT2D eigenvalue weighted by atomic mass is 32.2. The van der Waals surface area contributed by atoms with Gasteiger partial charge in [0.25, 0.3) is 17.2 Å². The number of nitro benzene ring substituents is 1. The van der Waals surface area contributed by atoms with Crippen molar-refractivity contribution in [2.45, 2.75) is 6.92 Å². The van der Waals surface area contributed by atoms with Gasteiger partial charge in [0.15, 0.2) is 4.32 Å². The molecular weight excluding hydrogens is 436 g/mol. The second-order valence-electron chi connectivity index (χ2n) is 6.74. The van der Waals surface area contributed by atoms with Crippen molar-refractivity contribution < 1.29 is 9.72 Å². The maximum absolute atomic E-state index is 13.3. The maximum Gasteiger partial charge on any atom is 0.296 e. The molecule has 0 aliphatic carbocycles. The molecule has 1 saturated heterocycles. The molecule has 1 fully saturated rings. The van der Waals surface area contributed by atoms with E-state index in [9.17, 15) is 19.7 Å². The largest absolute Gasteiger partial charge is 0.296 e. The van der Waals surface area contributed by atoms with E-state index in [1.165, 1.54) is 21.7 Å². The van der Waals surface area contributed by atoms with E-state index in [0.29, 0.717) is 16.9 Å². The third kappa shape index (κ3) is 3.49. The highest BCUT2D eigenvalue weighted by Gasteiger charge is 2.38. The number of hydrogen-bond acceptors (Lipinski definition) is 6. The fraction of sp³-hybridized carbons (Fsp3) is 0.0952. The lowest BCUT2D eigenvalue weighted by atomic mass is 10.1. The van der Waals surface area contributed by atoms with Crippen molar-refractivity contribution in [2.24, 2.45) is 7.05 Å². The topological polar surface area (TPSA) is 90.4 Å². The number of rotatable bonds is 4. The van der Waals surface area contributed by atoms with Gasteiger partial charge in [-0.2, -0.15) is 0 Å². The monoisotopic (exact) mass is 452 g/mol. The van der Waals surface area contributed by atoms with Crippen LogP contribution >= 0.6 is 24.0 Å². The van der Waals surface area contributed by atoms with Crippen LogP contribution in [0, 0.1) is 17.0 Å². The summed E-state index contributed by atoms with van der Waals surface area (Å²) < 4.78 is 3.33. The lowest BCUT2D eigenvalue weighted by Crippen LogP contribution is -2.33. The van der Waals surface area contributed by atoms with Crippen molar-refractivity contribution in [3.63, 3.8) is 0 Å². The minimum absolute atomic E-state index is 0.116. The van der Waals surface area contributed by atoms with Crippen molar-refractivity contribution in [1.29, 1.82) is 0 Å². The SMILES string of the molecule is Cc1c(N2C(=O)/C(=C/c3ccccc3[N+](=O)[O-])SC2=S)c(=O)n(-c2ccccc2)n1C. The molecule has 1 aliphatic heterocycles. The summed E-state index contributed by atoms with van der Waals surface area (Å²) in [5.74, 6) is -0.487. The molecule has 0 bridgehead atoms. The van der Waals surface area contributed by atoms with Crippen LogP contribution in [0.1, 0.15) is 11.3 Å². The quantitative estimate of drug-likeness (QED) is 0.259. The molecule has 1 amide bonds. The lowest BCUT2D eigenvalue weighted by Gasteiger charge is -2.12. The number of aromatic nitrogens is 2. The first-order valence-corrected chi connectivity index (χ1v) is 10.4. The van der Waals surface area contributed by atoms with E-state index in [-0.39, 0.29) is 26.2 Å². The molecule has 156 valence electrons. The molecule has 0 spiro atoms. The fourth-order valence-corrected chi connectivity index (χ4v) is 4.65. The zero-order chi connectivity index (χ0) is 22.3. The summed E-state index contributed by atoms with van der Waals surface area (Å²) in [4.78, 5) is 38.7. The second-order valence-corrected chi connectivity index (χ2v) is 8.42. The molecule has 0 saturated carbocycles. The standard InChI is InChI=1S/C21H16N4O4S2/c1-13-18(20(27)24(22(13)2)15-9-4-3-5-10-15)23-19(26)17(31-21(23)30)12-14-8-6-7-11-16(14)25(28)29/h3-12H,1-2H3/b17-12-. The number of nitro groups is 1. The molecule has 2 heterocycles. The normalized spacial score (nSPS) is 15.2. The van der Waals surface area contributed by atoms with Crippen LogP contribution in [0.5, 0.6) is 0 Å². The van der Waals surface area contributed by atoms with E-state index in [4.69, 9.17) is 12.2 Å². The molecule has 10 heteroatoms. The number of amides is 1. The Bertz CT molecular complexity index is 1320. The Balaban J connectivity index is 1.80. The third-order valence-electron chi connectivity index (χ3n) is 4.96. The van der Waals surface area contributed by atoms with Crippen LogP contribution in [0.4, 0.5) is 11.4 Å². The summed E-state index contributed by atoms with van der Waals surface area (Å²) in [5, 5.41) is 11.3. The first-order valence-electron chi connectivity index (χ1n) is 9.16. The molecule has 4 rings (SSSR count). The van der Waals surface area contributed by atoms with Crippen molar-refractivity contribution in [3.8, 4) is 5.69 Å². The Hall–Kier alpha value is -3.50. The Morgan fingerprint density at radius 3 is 2.39 bits per heavy atom. The molecule has 31 heavy (non-hydrogen) atoms. The Morgan fingerprint density at radius 2 is 1.71 bits per heavy atom. The molecule has 1 aromatic heterocycles. The first-order chi connectivity index (χ1) is 14.8. The fourth-order valence-electron chi connectivity index (χ4n) is 3.39. The van der Waals surface area contributed by atoms with Crippen LogP contribution in [-0.2, 0) is 11.8 Å². The average Bonchev–Trinajstić information content (AvgIpc) is 3.14. The molecule has 0 unspecified atom stereocenters. The van der Waals surface area contributed by atoms with Crippen molar-refractivity contribution in [2.75, 3.05) is 4.90 Å². The summed E-state index contributed by atoms with van der Waals surface area (Å²) in [7, 11) is 1.73. The minimum atomic E-state index is -0.507. The summed E-state index contributed by atoms with van der Waals surface area (Å²) in [5.41, 5.74) is 1.19. The highest BCUT2D eigenvalue weighted by molar-refractivity contribution is 8.27. The number of carbonyl (C=O) groups is 1. The van der Waals surface area contributed by atoms with Gasteiger partial charge in [0.05, 0.1) is 26.8 Å². The van der Waals surface area contributed by atoms with Crippen LogP contribution in [0.25, 0.3) is 11.8 Å². The van der Waals surface area contributed by atoms with Gasteiger partial charge in [-0.3, -0.25) is 29.3 Å². The molecular formula is C21H16N4O4S2. The molecule has 0 atom stereocenters. The minimum Gasteiger partial charge on any atom is -0.283 e. The van der Waals surface area contributed by atoms with Crippen molar-refractivity contribution in [3.05, 3.63) is 91.2 Å². The van der Waals surface area contributed by atoms with Gasteiger partial charge in [-0.05, 0) is 31.2 Å². The number of carbonyl (C=O) groups excluding carboxylic acids is 1. The molecule has 2 aromatic carbocycles. The van der Waals surface area contributed by atoms with Gasteiger partial charge in [-0.1, -0.05) is 54.3 Å². The van der Waals surface area contributed by atoms with Gasteiger partial charge in [-0.15, -0.1) is 0 Å². The van der Waals surface area contributed by atoms with Gasteiger partial charge < -0.3 is 0 Å². The van der Waals surface area contributed by atoms with E-state index in [2.05, 4.69) is 0 Å². The summed E-state index contributed by atoms with van der Waals surface area (Å²) in [6.07, 6.45) is 1.44. The van der Waals surface area contributed by atoms with E-state index < -0.39 is 10.8 Å². The van der Waals surface area contributed by atoms with E-state index in [1.54, 1.807) is 49.0 Å². The van der Waals surface area contributed by atoms with E-state index in [1.807, 2.05) is 18.2 Å². The summed E-state index contributed by atoms with van der Waals surface area (Å²) in [6.45, 7) is 1.74. The predicted octanol–water partition coefficient (Wildman–Crippen LogP) is 3.80. The molecule has 0 radical (unpaired) electrons. The predicted molar refractivity (Wildman–Crippen MR) is 124 cm³/mol. The lowest BCUT2D eigenvalue weighted by molar-refractivity contribution is -0.385. The molecule has 1 aliphatic rings. The third-order valence-corrected chi connectivity index (χ3v) is 6.26. The van der Waals surface area contributed by atoms with Gasteiger partial charge in [0.1, 0.15) is 5.69 Å². The number of thiocarbonyl (C=S) groups is 1. The zero-order valence-corrected chi connectivity index (χ0v) is 18.1. The van der Waals surface area contributed by atoms with Crippen molar-refractivity contribution >= 4 is 51.7 Å². The van der Waals surface area contributed by atoms with Crippen LogP contribution < -0.4 is 10.5 Å². The Morgan fingerprint density at radius 1 is 1.06 bits per heavy atom. The molecule has 0 N–H and O–H groups in total. The van der Waals surface area contributed by atoms with Crippen LogP contribution in [0.15, 0.2) is 64.3 Å². The van der Waals surface area contributed by atoms with Gasteiger partial charge in [0.2, 0.25) is 0 Å². The number of para-hydroxylation sites is 2. The van der Waals surface area contributed by atoms with Gasteiger partial charge >= 0.3 is 0 Å². The van der Waals surface area contributed by atoms with Crippen LogP contribution in [0.3, 0.4) is 0 Å². The second kappa shape index (κ2) is 7.97. The summed E-state index contributed by atoms with van der Waals surface area (Å²) >= 11 is 6.41. The smallest absolute Gasteiger partial charge is 0.283 e. The van der Waals surface area contributed by atoms with E-state index >= 15 is 0 Å². The maximum atomic E-state index is 13.3. The molecule has 3 aromatic rings. The number of benzene rings is 2. The van der Waals surface area contributed by atoms with E-state index in [0.717, 1.165) is 11.8 Å².